The Labute approximate surface area is 119 Å². The van der Waals surface area contributed by atoms with E-state index >= 15 is 0 Å². The fourth-order valence-electron chi connectivity index (χ4n) is 1.55. The van der Waals surface area contributed by atoms with Crippen molar-refractivity contribution < 1.29 is 9.53 Å². The Balaban J connectivity index is 2.27. The Morgan fingerprint density at radius 1 is 1.00 bits per heavy atom. The number of hydrogen-bond acceptors (Lipinski definition) is 2. The monoisotopic (exact) mass is 318 g/mol. The molecule has 0 heterocycles. The third-order valence-corrected chi connectivity index (χ3v) is 4.58. The summed E-state index contributed by atoms with van der Waals surface area (Å²) in [4.78, 5) is 11.8. The van der Waals surface area contributed by atoms with Crippen LogP contribution in [-0.2, 0) is 9.53 Å². The summed E-state index contributed by atoms with van der Waals surface area (Å²) in [6, 6.07) is 19.8. The molecule has 0 aliphatic rings. The first-order chi connectivity index (χ1) is 9.29. The van der Waals surface area contributed by atoms with Crippen LogP contribution in [0.5, 0.6) is 0 Å². The second-order valence-electron chi connectivity index (χ2n) is 3.83. The molecule has 3 heteroatoms. The molecular weight excluding hydrogens is 303 g/mol. The maximum atomic E-state index is 11.8. The third kappa shape index (κ3) is 4.09. The number of esters is 1. The molecule has 96 valence electrons. The maximum absolute atomic E-state index is 11.8. The van der Waals surface area contributed by atoms with E-state index in [9.17, 15) is 4.79 Å². The zero-order chi connectivity index (χ0) is 13.5. The van der Waals surface area contributed by atoms with Gasteiger partial charge in [0.2, 0.25) is 0 Å². The molecule has 0 saturated heterocycles. The molecule has 0 radical (unpaired) electrons. The van der Waals surface area contributed by atoms with E-state index in [1.807, 2.05) is 66.7 Å². The van der Waals surface area contributed by atoms with Gasteiger partial charge in [0.15, 0.2) is 0 Å². The van der Waals surface area contributed by atoms with Gasteiger partial charge in [0, 0.05) is 0 Å². The molecule has 2 nitrogen and oxygen atoms in total. The molecule has 0 atom stereocenters. The summed E-state index contributed by atoms with van der Waals surface area (Å²) in [7, 11) is 1.42. The first-order valence-electron chi connectivity index (χ1n) is 5.87. The second kappa shape index (κ2) is 6.93. The Morgan fingerprint density at radius 2 is 1.58 bits per heavy atom. The van der Waals surface area contributed by atoms with Crippen LogP contribution >= 0.6 is 0 Å². The van der Waals surface area contributed by atoms with Gasteiger partial charge in [0.1, 0.15) is 0 Å². The SMILES string of the molecule is COC(=O)/C(=C/c1ccccc1)[Se]c1ccccc1. The Hall–Kier alpha value is -1.83. The average molecular weight is 317 g/mol. The first kappa shape index (κ1) is 13.6. The van der Waals surface area contributed by atoms with Gasteiger partial charge in [0.05, 0.1) is 0 Å². The van der Waals surface area contributed by atoms with E-state index in [1.165, 1.54) is 7.11 Å². The zero-order valence-electron chi connectivity index (χ0n) is 10.6. The van der Waals surface area contributed by atoms with Crippen molar-refractivity contribution in [2.45, 2.75) is 0 Å². The van der Waals surface area contributed by atoms with Crippen LogP contribution in [0.25, 0.3) is 6.08 Å². The molecule has 0 aliphatic heterocycles. The predicted molar refractivity (Wildman–Crippen MR) is 78.3 cm³/mol. The van der Waals surface area contributed by atoms with Crippen LogP contribution in [-0.4, -0.2) is 28.0 Å². The van der Waals surface area contributed by atoms with Crippen LogP contribution in [0.4, 0.5) is 0 Å². The molecule has 0 aliphatic carbocycles. The van der Waals surface area contributed by atoms with Crippen LogP contribution in [0.2, 0.25) is 0 Å². The molecule has 0 N–H and O–H groups in total. The molecule has 2 aromatic rings. The van der Waals surface area contributed by atoms with Crippen molar-refractivity contribution >= 4 is 31.5 Å². The van der Waals surface area contributed by atoms with E-state index in [1.54, 1.807) is 0 Å². The van der Waals surface area contributed by atoms with Gasteiger partial charge in [-0.3, -0.25) is 0 Å². The van der Waals surface area contributed by atoms with Crippen molar-refractivity contribution in [1.82, 2.24) is 0 Å². The quantitative estimate of drug-likeness (QED) is 0.491. The van der Waals surface area contributed by atoms with Gasteiger partial charge in [-0.05, 0) is 0 Å². The minimum absolute atomic E-state index is 0.0514. The Kier molecular flexibility index (Phi) is 4.96. The number of methoxy groups -OCH3 is 1. The topological polar surface area (TPSA) is 26.3 Å². The fraction of sp³-hybridized carbons (Fsp3) is 0.0625. The summed E-state index contributed by atoms with van der Waals surface area (Å²) < 4.78 is 6.74. The van der Waals surface area contributed by atoms with Gasteiger partial charge in [-0.15, -0.1) is 0 Å². The molecule has 0 aromatic heterocycles. The van der Waals surface area contributed by atoms with E-state index in [4.69, 9.17) is 4.74 Å². The summed E-state index contributed by atoms with van der Waals surface area (Å²) >= 11 is -0.0514. The van der Waals surface area contributed by atoms with Crippen molar-refractivity contribution in [3.05, 3.63) is 70.7 Å². The fourth-order valence-corrected chi connectivity index (χ4v) is 3.45. The van der Waals surface area contributed by atoms with Gasteiger partial charge < -0.3 is 0 Å². The van der Waals surface area contributed by atoms with Crippen molar-refractivity contribution in [2.75, 3.05) is 7.11 Å². The molecule has 0 saturated carbocycles. The molecule has 0 fully saturated rings. The summed E-state index contributed by atoms with van der Waals surface area (Å²) in [6.07, 6.45) is 1.90. The first-order valence-corrected chi connectivity index (χ1v) is 7.59. The van der Waals surface area contributed by atoms with Crippen LogP contribution in [0.3, 0.4) is 0 Å². The standard InChI is InChI=1S/C16H14O2Se/c1-18-16(17)15(12-13-8-4-2-5-9-13)19-14-10-6-3-7-11-14/h2-12H,1H3/b15-12-. The number of hydrogen-bond donors (Lipinski definition) is 0. The van der Waals surface area contributed by atoms with Crippen molar-refractivity contribution in [3.63, 3.8) is 0 Å². The van der Waals surface area contributed by atoms with E-state index in [0.717, 1.165) is 10.0 Å². The van der Waals surface area contributed by atoms with Crippen LogP contribution in [0.15, 0.2) is 65.1 Å². The normalized spacial score (nSPS) is 11.1. The zero-order valence-corrected chi connectivity index (χ0v) is 12.3. The van der Waals surface area contributed by atoms with Crippen molar-refractivity contribution in [3.8, 4) is 0 Å². The average Bonchev–Trinajstić information content (AvgIpc) is 2.48. The van der Waals surface area contributed by atoms with E-state index in [0.29, 0.717) is 4.47 Å². The van der Waals surface area contributed by atoms with Gasteiger partial charge >= 0.3 is 119 Å². The molecule has 0 amide bonds. The Morgan fingerprint density at radius 3 is 2.16 bits per heavy atom. The number of benzene rings is 2. The van der Waals surface area contributed by atoms with E-state index < -0.39 is 0 Å². The number of rotatable bonds is 4. The van der Waals surface area contributed by atoms with Crippen molar-refractivity contribution in [1.29, 1.82) is 0 Å². The van der Waals surface area contributed by atoms with E-state index in [2.05, 4.69) is 0 Å². The summed E-state index contributed by atoms with van der Waals surface area (Å²) in [5.74, 6) is -0.257. The number of ether oxygens (including phenoxy) is 1. The molecule has 19 heavy (non-hydrogen) atoms. The third-order valence-electron chi connectivity index (χ3n) is 2.45. The number of carbonyl (C=O) groups excluding carboxylic acids is 1. The van der Waals surface area contributed by atoms with Gasteiger partial charge in [-0.1, -0.05) is 0 Å². The van der Waals surface area contributed by atoms with Crippen LogP contribution in [0, 0.1) is 0 Å². The predicted octanol–water partition coefficient (Wildman–Crippen LogP) is 2.23. The molecule has 2 aromatic carbocycles. The number of carbonyl (C=O) groups is 1. The second-order valence-corrected chi connectivity index (χ2v) is 6.17. The van der Waals surface area contributed by atoms with Gasteiger partial charge in [-0.2, -0.15) is 0 Å². The molecule has 0 unspecified atom stereocenters. The van der Waals surface area contributed by atoms with Crippen LogP contribution in [0.1, 0.15) is 5.56 Å². The summed E-state index contributed by atoms with van der Waals surface area (Å²) in [6.45, 7) is 0. The van der Waals surface area contributed by atoms with Crippen LogP contribution < -0.4 is 4.46 Å². The molecule has 0 bridgehead atoms. The van der Waals surface area contributed by atoms with Gasteiger partial charge in [0.25, 0.3) is 0 Å². The summed E-state index contributed by atoms with van der Waals surface area (Å²) in [5, 5.41) is 0. The molecule has 0 spiro atoms. The molecule has 2 rings (SSSR count). The Bertz CT molecular complexity index is 562. The van der Waals surface area contributed by atoms with Crippen molar-refractivity contribution in [2.24, 2.45) is 0 Å². The molecular formula is C16H14O2Se. The van der Waals surface area contributed by atoms with Gasteiger partial charge in [-0.25, -0.2) is 0 Å². The minimum atomic E-state index is -0.257. The van der Waals surface area contributed by atoms with E-state index in [-0.39, 0.29) is 20.9 Å². The summed E-state index contributed by atoms with van der Waals surface area (Å²) in [5.41, 5.74) is 1.01.